The van der Waals surface area contributed by atoms with Crippen LogP contribution in [0.25, 0.3) is 0 Å². The molecule has 2 fully saturated rings. The molecule has 0 radical (unpaired) electrons. The fraction of sp³-hybridized carbons (Fsp3) is 0.636. The quantitative estimate of drug-likeness (QED) is 0.597. The number of amides is 2. The third-order valence-corrected chi connectivity index (χ3v) is 8.05. The van der Waals surface area contributed by atoms with Crippen molar-refractivity contribution in [3.63, 3.8) is 0 Å². The molecule has 1 heterocycles. The van der Waals surface area contributed by atoms with Crippen LogP contribution < -0.4 is 15.4 Å². The first kappa shape index (κ1) is 23.5. The van der Waals surface area contributed by atoms with Gasteiger partial charge in [-0.2, -0.15) is 4.31 Å². The molecule has 1 aliphatic heterocycles. The second-order valence-electron chi connectivity index (χ2n) is 8.53. The Labute approximate surface area is 184 Å². The van der Waals surface area contributed by atoms with Crippen LogP contribution in [-0.4, -0.2) is 56.8 Å². The Bertz CT molecular complexity index is 883. The Hall–Kier alpha value is -2.13. The smallest absolute Gasteiger partial charge is 0.243 e. The molecule has 3 atom stereocenters. The molecule has 1 saturated heterocycles. The number of carbonyl (C=O) groups excluding carboxylic acids is 2. The van der Waals surface area contributed by atoms with Gasteiger partial charge in [0.05, 0.1) is 17.9 Å². The van der Waals surface area contributed by atoms with Crippen molar-refractivity contribution in [3.05, 3.63) is 24.3 Å². The molecule has 0 aromatic heterocycles. The monoisotopic (exact) mass is 451 g/mol. The summed E-state index contributed by atoms with van der Waals surface area (Å²) in [5, 5.41) is 5.88. The van der Waals surface area contributed by atoms with Crippen LogP contribution in [0.2, 0.25) is 0 Å². The zero-order valence-corrected chi connectivity index (χ0v) is 19.3. The van der Waals surface area contributed by atoms with Crippen molar-refractivity contribution < 1.29 is 22.7 Å². The first-order chi connectivity index (χ1) is 14.8. The number of nitrogens with zero attached hydrogens (tertiary/aromatic N) is 1. The molecule has 172 valence electrons. The molecule has 31 heavy (non-hydrogen) atoms. The molecule has 0 unspecified atom stereocenters. The predicted octanol–water partition coefficient (Wildman–Crippen LogP) is 1.91. The molecular formula is C22H33N3O5S. The Morgan fingerprint density at radius 2 is 1.87 bits per heavy atom. The van der Waals surface area contributed by atoms with Crippen LogP contribution in [0.15, 0.2) is 29.2 Å². The van der Waals surface area contributed by atoms with Crippen LogP contribution >= 0.6 is 0 Å². The number of hydrogen-bond donors (Lipinski definition) is 2. The molecule has 8 nitrogen and oxygen atoms in total. The lowest BCUT2D eigenvalue weighted by atomic mass is 9.95. The molecule has 1 saturated carbocycles. The van der Waals surface area contributed by atoms with Gasteiger partial charge in [0.1, 0.15) is 11.8 Å². The summed E-state index contributed by atoms with van der Waals surface area (Å²) in [6, 6.07) is 5.85. The van der Waals surface area contributed by atoms with Gasteiger partial charge in [-0.15, -0.1) is 0 Å². The van der Waals surface area contributed by atoms with E-state index in [4.69, 9.17) is 4.74 Å². The number of hydrogen-bond acceptors (Lipinski definition) is 5. The number of carbonyl (C=O) groups is 2. The number of piperidine rings is 1. The number of rotatable bonds is 9. The molecule has 1 aromatic rings. The lowest BCUT2D eigenvalue weighted by Crippen LogP contribution is -2.54. The minimum Gasteiger partial charge on any atom is -0.497 e. The molecular weight excluding hydrogens is 418 g/mol. The number of nitrogens with one attached hydrogen (secondary N) is 2. The van der Waals surface area contributed by atoms with Crippen molar-refractivity contribution in [3.8, 4) is 5.75 Å². The zero-order valence-electron chi connectivity index (χ0n) is 18.5. The van der Waals surface area contributed by atoms with Crippen LogP contribution in [0.4, 0.5) is 0 Å². The van der Waals surface area contributed by atoms with Crippen molar-refractivity contribution in [2.24, 2.45) is 11.8 Å². The molecule has 1 aliphatic carbocycles. The molecule has 0 bridgehead atoms. The molecule has 2 N–H and O–H groups in total. The number of sulfonamides is 1. The maximum absolute atomic E-state index is 13.1. The van der Waals surface area contributed by atoms with Crippen LogP contribution in [0.5, 0.6) is 5.75 Å². The Balaban J connectivity index is 1.67. The fourth-order valence-corrected chi connectivity index (χ4v) is 5.29. The second-order valence-corrected chi connectivity index (χ2v) is 10.5. The number of methoxy groups -OCH3 is 1. The van der Waals surface area contributed by atoms with E-state index in [1.54, 1.807) is 12.1 Å². The SMILES string of the molecule is CC[C@H](C)[C@H](NC(=O)[C@@H]1CCCN(S(=O)(=O)c2ccc(OC)cc2)C1)C(=O)NC1CC1. The van der Waals surface area contributed by atoms with E-state index in [-0.39, 0.29) is 35.2 Å². The molecule has 9 heteroatoms. The van der Waals surface area contributed by atoms with E-state index >= 15 is 0 Å². The van der Waals surface area contributed by atoms with E-state index in [1.807, 2.05) is 13.8 Å². The minimum atomic E-state index is -3.71. The third-order valence-electron chi connectivity index (χ3n) is 6.17. The average molecular weight is 452 g/mol. The van der Waals surface area contributed by atoms with Crippen molar-refractivity contribution >= 4 is 21.8 Å². The first-order valence-corrected chi connectivity index (χ1v) is 12.4. The topological polar surface area (TPSA) is 105 Å². The Kier molecular flexibility index (Phi) is 7.59. The summed E-state index contributed by atoms with van der Waals surface area (Å²) >= 11 is 0. The van der Waals surface area contributed by atoms with Gasteiger partial charge >= 0.3 is 0 Å². The molecule has 3 rings (SSSR count). The normalized spacial score (nSPS) is 21.7. The Morgan fingerprint density at radius 1 is 1.19 bits per heavy atom. The van der Waals surface area contributed by atoms with Gasteiger partial charge in [-0.25, -0.2) is 8.42 Å². The van der Waals surface area contributed by atoms with E-state index in [0.717, 1.165) is 19.3 Å². The highest BCUT2D eigenvalue weighted by molar-refractivity contribution is 7.89. The van der Waals surface area contributed by atoms with Gasteiger partial charge < -0.3 is 15.4 Å². The highest BCUT2D eigenvalue weighted by atomic mass is 32.2. The molecule has 1 aromatic carbocycles. The highest BCUT2D eigenvalue weighted by Gasteiger charge is 2.36. The molecule has 2 amide bonds. The maximum Gasteiger partial charge on any atom is 0.243 e. The van der Waals surface area contributed by atoms with Crippen LogP contribution in [0.1, 0.15) is 46.0 Å². The predicted molar refractivity (Wildman–Crippen MR) is 117 cm³/mol. The van der Waals surface area contributed by atoms with Gasteiger partial charge in [-0.3, -0.25) is 9.59 Å². The van der Waals surface area contributed by atoms with Gasteiger partial charge in [0, 0.05) is 19.1 Å². The lowest BCUT2D eigenvalue weighted by Gasteiger charge is -2.33. The van der Waals surface area contributed by atoms with Crippen LogP contribution in [0, 0.1) is 11.8 Å². The van der Waals surface area contributed by atoms with Gasteiger partial charge in [0.2, 0.25) is 21.8 Å². The summed E-state index contributed by atoms with van der Waals surface area (Å²) in [6.07, 6.45) is 3.90. The van der Waals surface area contributed by atoms with E-state index in [0.29, 0.717) is 25.1 Å². The summed E-state index contributed by atoms with van der Waals surface area (Å²) in [4.78, 5) is 25.8. The summed E-state index contributed by atoms with van der Waals surface area (Å²) in [5.74, 6) is -0.322. The maximum atomic E-state index is 13.1. The van der Waals surface area contributed by atoms with E-state index in [1.165, 1.54) is 23.5 Å². The summed E-state index contributed by atoms with van der Waals surface area (Å²) in [5.41, 5.74) is 0. The summed E-state index contributed by atoms with van der Waals surface area (Å²) in [6.45, 7) is 4.41. The first-order valence-electron chi connectivity index (χ1n) is 11.0. The highest BCUT2D eigenvalue weighted by Crippen LogP contribution is 2.26. The molecule has 2 aliphatic rings. The summed E-state index contributed by atoms with van der Waals surface area (Å²) in [7, 11) is -2.19. The van der Waals surface area contributed by atoms with Crippen molar-refractivity contribution in [2.45, 2.75) is 62.9 Å². The number of ether oxygens (including phenoxy) is 1. The van der Waals surface area contributed by atoms with Crippen LogP contribution in [0.3, 0.4) is 0 Å². The van der Waals surface area contributed by atoms with Crippen molar-refractivity contribution in [1.82, 2.24) is 14.9 Å². The van der Waals surface area contributed by atoms with Gasteiger partial charge in [0.15, 0.2) is 0 Å². The van der Waals surface area contributed by atoms with E-state index in [9.17, 15) is 18.0 Å². The number of benzene rings is 1. The second kappa shape index (κ2) is 9.99. The minimum absolute atomic E-state index is 0.00887. The van der Waals surface area contributed by atoms with E-state index in [2.05, 4.69) is 10.6 Å². The Morgan fingerprint density at radius 3 is 2.45 bits per heavy atom. The van der Waals surface area contributed by atoms with E-state index < -0.39 is 22.0 Å². The van der Waals surface area contributed by atoms with Crippen LogP contribution in [-0.2, 0) is 19.6 Å². The van der Waals surface area contributed by atoms with Gasteiger partial charge in [-0.1, -0.05) is 20.3 Å². The van der Waals surface area contributed by atoms with Gasteiger partial charge in [0.25, 0.3) is 0 Å². The zero-order chi connectivity index (χ0) is 22.6. The summed E-state index contributed by atoms with van der Waals surface area (Å²) < 4.78 is 32.6. The fourth-order valence-electron chi connectivity index (χ4n) is 3.76. The largest absolute Gasteiger partial charge is 0.497 e. The standard InChI is InChI=1S/C22H33N3O5S/c1-4-15(2)20(22(27)23-17-7-8-17)24-21(26)16-6-5-13-25(14-16)31(28,29)19-11-9-18(30-3)10-12-19/h9-12,15-17,20H,4-8,13-14H2,1-3H3,(H,23,27)(H,24,26)/t15-,16+,20-/m0/s1. The van der Waals surface area contributed by atoms with Crippen molar-refractivity contribution in [1.29, 1.82) is 0 Å². The average Bonchev–Trinajstić information content (AvgIpc) is 3.60. The molecule has 0 spiro atoms. The third kappa shape index (κ3) is 5.77. The lowest BCUT2D eigenvalue weighted by molar-refractivity contribution is -0.133. The van der Waals surface area contributed by atoms with Gasteiger partial charge in [-0.05, 0) is 55.9 Å². The van der Waals surface area contributed by atoms with Crippen molar-refractivity contribution in [2.75, 3.05) is 20.2 Å².